The highest BCUT2D eigenvalue weighted by Crippen LogP contribution is 2.32. The van der Waals surface area contributed by atoms with Crippen molar-refractivity contribution >= 4 is 31.6 Å². The minimum Gasteiger partial charge on any atom is -0.307 e. The molecule has 20 heavy (non-hydrogen) atoms. The molecule has 0 spiro atoms. The zero-order chi connectivity index (χ0) is 15.6. The van der Waals surface area contributed by atoms with Gasteiger partial charge in [0.25, 0.3) is 0 Å². The van der Waals surface area contributed by atoms with Crippen molar-refractivity contribution in [1.29, 1.82) is 0 Å². The summed E-state index contributed by atoms with van der Waals surface area (Å²) in [5.41, 5.74) is -0.792. The normalized spacial score (nSPS) is 12.1. The average Bonchev–Trinajstić information content (AvgIpc) is 2.24. The van der Waals surface area contributed by atoms with Gasteiger partial charge in [0.2, 0.25) is 0 Å². The number of nitrogens with one attached hydrogen (secondary N) is 2. The topological polar surface area (TPSA) is 75.3 Å². The lowest BCUT2D eigenvalue weighted by atomic mass is 10.1. The highest BCUT2D eigenvalue weighted by atomic mass is 35.7. The molecule has 0 aromatic heterocycles. The maximum absolute atomic E-state index is 12.6. The Hall–Kier alpha value is -1.48. The van der Waals surface area contributed by atoms with Gasteiger partial charge in [-0.2, -0.15) is 21.6 Å². The second-order valence-electron chi connectivity index (χ2n) is 3.76. The number of amides is 2. The van der Waals surface area contributed by atoms with Crippen LogP contribution in [0.4, 0.5) is 23.7 Å². The fraction of sp³-hybridized carbons (Fsp3) is 0.300. The summed E-state index contributed by atoms with van der Waals surface area (Å²) in [5.74, 6) is 0. The van der Waals surface area contributed by atoms with E-state index in [1.165, 1.54) is 10.8 Å². The van der Waals surface area contributed by atoms with Crippen LogP contribution in [-0.4, -0.2) is 14.4 Å². The molecule has 1 rings (SSSR count). The average molecular weight is 331 g/mol. The Kier molecular flexibility index (Phi) is 4.87. The quantitative estimate of drug-likeness (QED) is 0.837. The van der Waals surface area contributed by atoms with E-state index in [4.69, 9.17) is 10.7 Å². The molecule has 0 fully saturated rings. The molecule has 1 aromatic rings. The van der Waals surface area contributed by atoms with Crippen molar-refractivity contribution in [3.63, 3.8) is 0 Å². The van der Waals surface area contributed by atoms with Gasteiger partial charge in [0.05, 0.1) is 5.56 Å². The van der Waals surface area contributed by atoms with Crippen LogP contribution in [0.3, 0.4) is 0 Å². The number of aryl methyl sites for hydroxylation is 1. The Morgan fingerprint density at radius 3 is 2.35 bits per heavy atom. The van der Waals surface area contributed by atoms with E-state index in [1.807, 2.05) is 5.32 Å². The van der Waals surface area contributed by atoms with Gasteiger partial charge in [-0.05, 0) is 30.2 Å². The number of benzene rings is 1. The van der Waals surface area contributed by atoms with Crippen molar-refractivity contribution in [2.75, 3.05) is 5.32 Å². The summed E-state index contributed by atoms with van der Waals surface area (Å²) in [7, 11) is 0.467. The molecule has 0 heterocycles. The first-order valence-electron chi connectivity index (χ1n) is 5.26. The minimum absolute atomic E-state index is 0.186. The molecule has 0 bridgehead atoms. The molecule has 0 saturated carbocycles. The number of halogens is 4. The SMILES string of the molecule is CCc1cc(NC(=O)NS(=O)(=O)Cl)cc(C(F)(F)F)c1. The van der Waals surface area contributed by atoms with E-state index in [2.05, 4.69) is 0 Å². The zero-order valence-corrected chi connectivity index (χ0v) is 11.7. The largest absolute Gasteiger partial charge is 0.416 e. The van der Waals surface area contributed by atoms with Crippen molar-refractivity contribution in [2.24, 2.45) is 0 Å². The van der Waals surface area contributed by atoms with Gasteiger partial charge in [0.1, 0.15) is 0 Å². The number of rotatable bonds is 3. The third kappa shape index (κ3) is 5.25. The zero-order valence-electron chi connectivity index (χ0n) is 10.1. The Morgan fingerprint density at radius 2 is 1.90 bits per heavy atom. The van der Waals surface area contributed by atoms with Crippen molar-refractivity contribution in [2.45, 2.75) is 19.5 Å². The van der Waals surface area contributed by atoms with E-state index in [1.54, 1.807) is 6.92 Å². The molecular weight excluding hydrogens is 321 g/mol. The molecular formula is C10H10ClF3N2O3S. The van der Waals surface area contributed by atoms with Crippen LogP contribution in [-0.2, 0) is 21.8 Å². The van der Waals surface area contributed by atoms with Crippen LogP contribution in [0.2, 0.25) is 0 Å². The van der Waals surface area contributed by atoms with Gasteiger partial charge in [0, 0.05) is 16.4 Å². The van der Waals surface area contributed by atoms with Crippen LogP contribution in [0, 0.1) is 0 Å². The molecule has 1 aromatic carbocycles. The monoisotopic (exact) mass is 330 g/mol. The first-order chi connectivity index (χ1) is 9.01. The van der Waals surface area contributed by atoms with Crippen molar-refractivity contribution < 1.29 is 26.4 Å². The van der Waals surface area contributed by atoms with Gasteiger partial charge in [-0.1, -0.05) is 6.92 Å². The van der Waals surface area contributed by atoms with Crippen molar-refractivity contribution in [1.82, 2.24) is 4.72 Å². The predicted octanol–water partition coefficient (Wildman–Crippen LogP) is 2.87. The Labute approximate surface area is 117 Å². The van der Waals surface area contributed by atoms with E-state index in [9.17, 15) is 26.4 Å². The lowest BCUT2D eigenvalue weighted by Crippen LogP contribution is -2.31. The Bertz CT molecular complexity index is 617. The van der Waals surface area contributed by atoms with Gasteiger partial charge in [-0.3, -0.25) is 0 Å². The molecule has 0 unspecified atom stereocenters. The summed E-state index contributed by atoms with van der Waals surface area (Å²) < 4.78 is 60.5. The summed E-state index contributed by atoms with van der Waals surface area (Å²) in [4.78, 5) is 11.2. The highest BCUT2D eigenvalue weighted by molar-refractivity contribution is 8.12. The van der Waals surface area contributed by atoms with E-state index >= 15 is 0 Å². The summed E-state index contributed by atoms with van der Waals surface area (Å²) in [6.07, 6.45) is -4.26. The van der Waals surface area contributed by atoms with Crippen molar-refractivity contribution in [3.05, 3.63) is 29.3 Å². The maximum atomic E-state index is 12.6. The second kappa shape index (κ2) is 5.88. The molecule has 2 amide bonds. The Balaban J connectivity index is 3.04. The number of carbonyl (C=O) groups is 1. The van der Waals surface area contributed by atoms with Gasteiger partial charge < -0.3 is 5.32 Å². The Morgan fingerprint density at radius 1 is 1.30 bits per heavy atom. The smallest absolute Gasteiger partial charge is 0.307 e. The third-order valence-corrected chi connectivity index (χ3v) is 2.86. The number of hydrogen-bond acceptors (Lipinski definition) is 3. The number of hydrogen-bond donors (Lipinski definition) is 2. The van der Waals surface area contributed by atoms with Crippen LogP contribution < -0.4 is 10.0 Å². The fourth-order valence-electron chi connectivity index (χ4n) is 1.40. The third-order valence-electron chi connectivity index (χ3n) is 2.20. The van der Waals surface area contributed by atoms with Crippen LogP contribution >= 0.6 is 10.7 Å². The molecule has 2 N–H and O–H groups in total. The van der Waals surface area contributed by atoms with Gasteiger partial charge >= 0.3 is 21.4 Å². The first kappa shape index (κ1) is 16.6. The van der Waals surface area contributed by atoms with Gasteiger partial charge in [-0.15, -0.1) is 0 Å². The van der Waals surface area contributed by atoms with Crippen LogP contribution in [0.15, 0.2) is 18.2 Å². The maximum Gasteiger partial charge on any atom is 0.416 e. The first-order valence-corrected chi connectivity index (χ1v) is 7.56. The van der Waals surface area contributed by atoms with E-state index in [0.29, 0.717) is 18.1 Å². The molecule has 0 aliphatic heterocycles. The summed E-state index contributed by atoms with van der Waals surface area (Å²) >= 11 is 0. The van der Waals surface area contributed by atoms with Crippen LogP contribution in [0.1, 0.15) is 18.1 Å². The van der Waals surface area contributed by atoms with Gasteiger partial charge in [0.15, 0.2) is 0 Å². The molecule has 0 saturated heterocycles. The standard InChI is InChI=1S/C10H10ClF3N2O3S/c1-2-6-3-7(10(12,13)14)5-8(4-6)15-9(17)16-20(11,18)19/h3-5H,2H2,1H3,(H2,15,16,17). The van der Waals surface area contributed by atoms with Crippen LogP contribution in [0.25, 0.3) is 0 Å². The van der Waals surface area contributed by atoms with Crippen molar-refractivity contribution in [3.8, 4) is 0 Å². The van der Waals surface area contributed by atoms with Crippen LogP contribution in [0.5, 0.6) is 0 Å². The molecule has 0 aliphatic carbocycles. The lowest BCUT2D eigenvalue weighted by molar-refractivity contribution is -0.137. The predicted molar refractivity (Wildman–Crippen MR) is 67.7 cm³/mol. The van der Waals surface area contributed by atoms with E-state index in [0.717, 1.165) is 6.07 Å². The number of urea groups is 1. The number of carbonyl (C=O) groups excluding carboxylic acids is 1. The number of alkyl halides is 3. The molecule has 5 nitrogen and oxygen atoms in total. The molecule has 0 aliphatic rings. The molecule has 112 valence electrons. The highest BCUT2D eigenvalue weighted by Gasteiger charge is 2.31. The summed E-state index contributed by atoms with van der Waals surface area (Å²) in [5, 5.41) is 1.97. The lowest BCUT2D eigenvalue weighted by Gasteiger charge is -2.12. The summed E-state index contributed by atoms with van der Waals surface area (Å²) in [6, 6.07) is 1.69. The minimum atomic E-state index is -4.57. The van der Waals surface area contributed by atoms with E-state index < -0.39 is 27.0 Å². The molecule has 10 heteroatoms. The molecule has 0 atom stereocenters. The number of anilines is 1. The summed E-state index contributed by atoms with van der Waals surface area (Å²) in [6.45, 7) is 1.64. The molecule has 0 radical (unpaired) electrons. The van der Waals surface area contributed by atoms with E-state index in [-0.39, 0.29) is 5.69 Å². The van der Waals surface area contributed by atoms with Gasteiger partial charge in [-0.25, -0.2) is 9.52 Å². The fourth-order valence-corrected chi connectivity index (χ4v) is 1.88. The second-order valence-corrected chi connectivity index (χ2v) is 6.06.